The summed E-state index contributed by atoms with van der Waals surface area (Å²) in [4.78, 5) is 6.46. The molecule has 5 heteroatoms. The van der Waals surface area contributed by atoms with Crippen molar-refractivity contribution in [2.45, 2.75) is 19.4 Å². The molecule has 0 aliphatic heterocycles. The topological polar surface area (TPSA) is 37.4 Å². The summed E-state index contributed by atoms with van der Waals surface area (Å²) in [7, 11) is 3.90. The highest BCUT2D eigenvalue weighted by Crippen LogP contribution is 2.28. The van der Waals surface area contributed by atoms with Crippen LogP contribution in [0.5, 0.6) is 0 Å². The van der Waals surface area contributed by atoms with E-state index in [1.807, 2.05) is 31.3 Å². The number of aromatic nitrogens is 1. The van der Waals surface area contributed by atoms with Crippen LogP contribution in [0.3, 0.4) is 0 Å². The molecular weight excluding hydrogens is 262 g/mol. The third-order valence-electron chi connectivity index (χ3n) is 3.24. The summed E-state index contributed by atoms with van der Waals surface area (Å²) in [6.45, 7) is 3.21. The maximum atomic E-state index is 6.26. The fourth-order valence-electron chi connectivity index (χ4n) is 1.89. The fourth-order valence-corrected chi connectivity index (χ4v) is 2.23. The molecule has 106 valence electrons. The van der Waals surface area contributed by atoms with Crippen LogP contribution in [0.15, 0.2) is 12.3 Å². The second kappa shape index (κ2) is 7.08. The van der Waals surface area contributed by atoms with E-state index < -0.39 is 0 Å². The molecule has 0 amide bonds. The number of pyridine rings is 1. The van der Waals surface area contributed by atoms with Gasteiger partial charge in [0.2, 0.25) is 0 Å². The number of halogens is 1. The number of ether oxygens (including phenoxy) is 1. The van der Waals surface area contributed by atoms with Gasteiger partial charge in [0.05, 0.1) is 11.6 Å². The van der Waals surface area contributed by atoms with Crippen molar-refractivity contribution in [2.75, 3.05) is 38.8 Å². The van der Waals surface area contributed by atoms with Gasteiger partial charge in [0, 0.05) is 32.9 Å². The van der Waals surface area contributed by atoms with Gasteiger partial charge in [-0.25, -0.2) is 4.98 Å². The molecule has 1 fully saturated rings. The van der Waals surface area contributed by atoms with Crippen LogP contribution in [-0.4, -0.2) is 38.8 Å². The Morgan fingerprint density at radius 3 is 2.95 bits per heavy atom. The van der Waals surface area contributed by atoms with Gasteiger partial charge in [0.15, 0.2) is 0 Å². The lowest BCUT2D eigenvalue weighted by molar-refractivity contribution is 0.131. The Hall–Kier alpha value is -0.840. The van der Waals surface area contributed by atoms with Crippen LogP contribution >= 0.6 is 11.6 Å². The number of anilines is 1. The largest absolute Gasteiger partial charge is 0.379 e. The van der Waals surface area contributed by atoms with E-state index in [9.17, 15) is 0 Å². The van der Waals surface area contributed by atoms with Crippen LogP contribution < -0.4 is 10.2 Å². The molecule has 4 nitrogen and oxygen atoms in total. The Kier molecular flexibility index (Phi) is 5.43. The number of hydrogen-bond acceptors (Lipinski definition) is 4. The Morgan fingerprint density at radius 1 is 1.53 bits per heavy atom. The normalized spacial score (nSPS) is 14.7. The van der Waals surface area contributed by atoms with Crippen molar-refractivity contribution in [1.82, 2.24) is 10.3 Å². The van der Waals surface area contributed by atoms with Gasteiger partial charge in [0.25, 0.3) is 0 Å². The molecule has 1 aromatic rings. The molecule has 1 aliphatic rings. The third kappa shape index (κ3) is 4.64. The van der Waals surface area contributed by atoms with Crippen molar-refractivity contribution >= 4 is 17.4 Å². The van der Waals surface area contributed by atoms with Gasteiger partial charge in [-0.3, -0.25) is 0 Å². The molecule has 19 heavy (non-hydrogen) atoms. The van der Waals surface area contributed by atoms with Crippen molar-refractivity contribution in [1.29, 1.82) is 0 Å². The molecule has 0 aromatic carbocycles. The first-order chi connectivity index (χ1) is 9.20. The average Bonchev–Trinajstić information content (AvgIpc) is 3.19. The lowest BCUT2D eigenvalue weighted by atomic mass is 10.3. The zero-order chi connectivity index (χ0) is 13.7. The highest BCUT2D eigenvalue weighted by atomic mass is 35.5. The van der Waals surface area contributed by atoms with E-state index in [1.54, 1.807) is 0 Å². The van der Waals surface area contributed by atoms with Gasteiger partial charge in [-0.2, -0.15) is 0 Å². The standard InChI is InChI=1S/C14H22ClN3O/c1-16-8-12-7-13(15)14(17-9-12)18(2)5-6-19-10-11-3-4-11/h7,9,11,16H,3-6,8,10H2,1-2H3. The van der Waals surface area contributed by atoms with Crippen molar-refractivity contribution < 1.29 is 4.74 Å². The van der Waals surface area contributed by atoms with E-state index in [4.69, 9.17) is 16.3 Å². The Bertz CT molecular complexity index is 410. The molecule has 0 bridgehead atoms. The summed E-state index contributed by atoms with van der Waals surface area (Å²) in [5.41, 5.74) is 1.09. The van der Waals surface area contributed by atoms with Crippen LogP contribution in [0.25, 0.3) is 0 Å². The molecule has 1 aliphatic carbocycles. The maximum absolute atomic E-state index is 6.26. The van der Waals surface area contributed by atoms with E-state index in [0.29, 0.717) is 5.02 Å². The van der Waals surface area contributed by atoms with Crippen LogP contribution in [0.1, 0.15) is 18.4 Å². The first-order valence-corrected chi connectivity index (χ1v) is 7.16. The summed E-state index contributed by atoms with van der Waals surface area (Å²) in [6.07, 6.45) is 4.52. The third-order valence-corrected chi connectivity index (χ3v) is 3.52. The predicted octanol–water partition coefficient (Wildman–Crippen LogP) is 2.32. The molecule has 1 saturated carbocycles. The first kappa shape index (κ1) is 14.6. The molecule has 2 rings (SSSR count). The zero-order valence-corrected chi connectivity index (χ0v) is 12.4. The molecule has 0 unspecified atom stereocenters. The Morgan fingerprint density at radius 2 is 2.32 bits per heavy atom. The first-order valence-electron chi connectivity index (χ1n) is 6.78. The van der Waals surface area contributed by atoms with Gasteiger partial charge in [0.1, 0.15) is 5.82 Å². The molecule has 0 saturated heterocycles. The second-order valence-corrected chi connectivity index (χ2v) is 5.53. The van der Waals surface area contributed by atoms with Gasteiger partial charge in [-0.15, -0.1) is 0 Å². The van der Waals surface area contributed by atoms with E-state index >= 15 is 0 Å². The van der Waals surface area contributed by atoms with Crippen LogP contribution in [0.4, 0.5) is 5.82 Å². The molecule has 0 atom stereocenters. The van der Waals surface area contributed by atoms with Gasteiger partial charge < -0.3 is 15.0 Å². The van der Waals surface area contributed by atoms with Gasteiger partial charge >= 0.3 is 0 Å². The van der Waals surface area contributed by atoms with Crippen molar-refractivity contribution in [3.05, 3.63) is 22.8 Å². The zero-order valence-electron chi connectivity index (χ0n) is 11.7. The number of hydrogen-bond donors (Lipinski definition) is 1. The van der Waals surface area contributed by atoms with E-state index in [0.717, 1.165) is 43.6 Å². The smallest absolute Gasteiger partial charge is 0.147 e. The lowest BCUT2D eigenvalue weighted by Crippen LogP contribution is -2.24. The lowest BCUT2D eigenvalue weighted by Gasteiger charge is -2.19. The fraction of sp³-hybridized carbons (Fsp3) is 0.643. The summed E-state index contributed by atoms with van der Waals surface area (Å²) in [5.74, 6) is 1.63. The van der Waals surface area contributed by atoms with Crippen LogP contribution in [0.2, 0.25) is 5.02 Å². The number of rotatable bonds is 8. The SMILES string of the molecule is CNCc1cnc(N(C)CCOCC2CC2)c(Cl)c1. The van der Waals surface area contributed by atoms with Crippen LogP contribution in [0, 0.1) is 5.92 Å². The van der Waals surface area contributed by atoms with Gasteiger partial charge in [-0.1, -0.05) is 11.6 Å². The highest BCUT2D eigenvalue weighted by molar-refractivity contribution is 6.33. The molecule has 1 heterocycles. The average molecular weight is 284 g/mol. The monoisotopic (exact) mass is 283 g/mol. The van der Waals surface area contributed by atoms with E-state index in [2.05, 4.69) is 10.3 Å². The minimum atomic E-state index is 0.692. The summed E-state index contributed by atoms with van der Waals surface area (Å²) in [5, 5.41) is 3.78. The molecule has 0 spiro atoms. The van der Waals surface area contributed by atoms with Crippen molar-refractivity contribution in [2.24, 2.45) is 5.92 Å². The number of likely N-dealkylation sites (N-methyl/N-ethyl adjacent to an activating group) is 1. The number of nitrogens with one attached hydrogen (secondary N) is 1. The molecule has 0 radical (unpaired) electrons. The predicted molar refractivity (Wildman–Crippen MR) is 78.8 cm³/mol. The summed E-state index contributed by atoms with van der Waals surface area (Å²) < 4.78 is 5.63. The highest BCUT2D eigenvalue weighted by Gasteiger charge is 2.21. The molecule has 1 aromatic heterocycles. The van der Waals surface area contributed by atoms with Crippen LogP contribution in [-0.2, 0) is 11.3 Å². The Labute approximate surface area is 120 Å². The molecular formula is C14H22ClN3O. The van der Waals surface area contributed by atoms with Gasteiger partial charge in [-0.05, 0) is 37.4 Å². The summed E-state index contributed by atoms with van der Waals surface area (Å²) >= 11 is 6.26. The Balaban J connectivity index is 1.81. The number of nitrogens with zero attached hydrogens (tertiary/aromatic N) is 2. The second-order valence-electron chi connectivity index (χ2n) is 5.12. The quantitative estimate of drug-likeness (QED) is 0.743. The van der Waals surface area contributed by atoms with Crippen molar-refractivity contribution in [3.63, 3.8) is 0 Å². The van der Waals surface area contributed by atoms with E-state index in [-0.39, 0.29) is 0 Å². The molecule has 1 N–H and O–H groups in total. The maximum Gasteiger partial charge on any atom is 0.147 e. The summed E-state index contributed by atoms with van der Waals surface area (Å²) in [6, 6.07) is 1.96. The minimum absolute atomic E-state index is 0.692. The van der Waals surface area contributed by atoms with Crippen molar-refractivity contribution in [3.8, 4) is 0 Å². The minimum Gasteiger partial charge on any atom is -0.379 e. The van der Waals surface area contributed by atoms with E-state index in [1.165, 1.54) is 12.8 Å².